The van der Waals surface area contributed by atoms with Gasteiger partial charge < -0.3 is 4.74 Å². The first-order valence-corrected chi connectivity index (χ1v) is 19.3. The molecule has 0 bridgehead atoms. The average Bonchev–Trinajstić information content (AvgIpc) is 3.84. The molecule has 9 aromatic carbocycles. The normalized spacial score (nSPS) is 16.7. The van der Waals surface area contributed by atoms with E-state index in [0.717, 1.165) is 22.6 Å². The molecule has 0 fully saturated rings. The molecule has 1 heterocycles. The van der Waals surface area contributed by atoms with E-state index in [-0.39, 0.29) is 0 Å². The zero-order valence-electron chi connectivity index (χ0n) is 29.9. The second-order valence-corrected chi connectivity index (χ2v) is 15.4. The third-order valence-corrected chi connectivity index (χ3v) is 13.2. The van der Waals surface area contributed by atoms with Crippen molar-refractivity contribution in [3.8, 4) is 56.0 Å². The molecule has 0 saturated carbocycles. The van der Waals surface area contributed by atoms with Gasteiger partial charge in [-0.2, -0.15) is 0 Å². The van der Waals surface area contributed by atoms with Crippen LogP contribution in [0.4, 0.5) is 0 Å². The Morgan fingerprint density at radius 3 is 1.53 bits per heavy atom. The summed E-state index contributed by atoms with van der Waals surface area (Å²) in [6.07, 6.45) is 0. The van der Waals surface area contributed by atoms with Crippen molar-refractivity contribution in [3.05, 3.63) is 239 Å². The molecule has 2 spiro atoms. The van der Waals surface area contributed by atoms with E-state index >= 15 is 0 Å². The van der Waals surface area contributed by atoms with E-state index in [9.17, 15) is 0 Å². The van der Waals surface area contributed by atoms with Crippen LogP contribution in [0.3, 0.4) is 0 Å². The van der Waals surface area contributed by atoms with Crippen LogP contribution in [0.25, 0.3) is 55.3 Å². The highest BCUT2D eigenvalue weighted by Gasteiger charge is 2.53. The second-order valence-electron chi connectivity index (χ2n) is 15.4. The third-order valence-electron chi connectivity index (χ3n) is 13.2. The highest BCUT2D eigenvalue weighted by molar-refractivity contribution is 6.04. The molecule has 0 aromatic heterocycles. The summed E-state index contributed by atoms with van der Waals surface area (Å²) in [5, 5.41) is 2.59. The molecule has 1 nitrogen and oxygen atoms in total. The van der Waals surface area contributed by atoms with Crippen LogP contribution in [0.15, 0.2) is 194 Å². The molecular formula is C54H32O. The van der Waals surface area contributed by atoms with Crippen molar-refractivity contribution in [1.82, 2.24) is 0 Å². The van der Waals surface area contributed by atoms with Gasteiger partial charge in [0.15, 0.2) is 0 Å². The lowest BCUT2D eigenvalue weighted by Crippen LogP contribution is -2.32. The Labute approximate surface area is 319 Å². The fourth-order valence-electron chi connectivity index (χ4n) is 11.2. The summed E-state index contributed by atoms with van der Waals surface area (Å²) in [5.41, 5.74) is 19.6. The summed E-state index contributed by atoms with van der Waals surface area (Å²) in [5.74, 6) is 1.83. The number of para-hydroxylation sites is 2. The first kappa shape index (κ1) is 29.5. The minimum Gasteiger partial charge on any atom is -0.456 e. The SMILES string of the molecule is c1ccc2c(c1)Oc1c(-c3ccc4c(c3)-c3ccccc3C43c4ccccc4-c4ccc5ccccc5c43)cccc1C21c2ccccc2-c2ccccc21. The van der Waals surface area contributed by atoms with Crippen molar-refractivity contribution in [2.45, 2.75) is 10.8 Å². The highest BCUT2D eigenvalue weighted by atomic mass is 16.5. The van der Waals surface area contributed by atoms with Crippen molar-refractivity contribution < 1.29 is 4.74 Å². The van der Waals surface area contributed by atoms with E-state index in [1.807, 2.05) is 0 Å². The molecule has 0 radical (unpaired) electrons. The molecule has 1 aliphatic heterocycles. The predicted octanol–water partition coefficient (Wildman–Crippen LogP) is 13.3. The molecule has 254 valence electrons. The molecular weight excluding hydrogens is 665 g/mol. The summed E-state index contributed by atoms with van der Waals surface area (Å²) in [6.45, 7) is 0. The van der Waals surface area contributed by atoms with Gasteiger partial charge in [-0.1, -0.05) is 182 Å². The number of hydrogen-bond donors (Lipinski definition) is 0. The lowest BCUT2D eigenvalue weighted by Gasteiger charge is -2.40. The van der Waals surface area contributed by atoms with E-state index in [4.69, 9.17) is 4.74 Å². The standard InChI is InChI=1S/C54H32O/c1-2-15-35-33(14-1)28-30-41-39-18-5-9-23-45(39)54(51(35)41)46-24-10-6-19-40(46)42-32-34(29-31-47(42)54)36-20-13-26-49-52(36)55-50-27-12-11-25-48(50)53(49)43-21-7-3-16-37(43)38-17-4-8-22-44(38)53/h1-32H. The highest BCUT2D eigenvalue weighted by Crippen LogP contribution is 2.66. The summed E-state index contributed by atoms with van der Waals surface area (Å²) in [6, 6.07) is 72.3. The van der Waals surface area contributed by atoms with Crippen molar-refractivity contribution in [2.75, 3.05) is 0 Å². The maximum Gasteiger partial charge on any atom is 0.140 e. The van der Waals surface area contributed by atoms with Crippen LogP contribution >= 0.6 is 0 Å². The minimum atomic E-state index is -0.501. The molecule has 1 heteroatoms. The lowest BCUT2D eigenvalue weighted by atomic mass is 9.65. The van der Waals surface area contributed by atoms with Crippen LogP contribution in [0.5, 0.6) is 11.5 Å². The summed E-state index contributed by atoms with van der Waals surface area (Å²) >= 11 is 0. The molecule has 13 rings (SSSR count). The van der Waals surface area contributed by atoms with Gasteiger partial charge in [-0.3, -0.25) is 0 Å². The van der Waals surface area contributed by atoms with Gasteiger partial charge >= 0.3 is 0 Å². The van der Waals surface area contributed by atoms with Crippen LogP contribution in [0.2, 0.25) is 0 Å². The predicted molar refractivity (Wildman–Crippen MR) is 223 cm³/mol. The summed E-state index contributed by atoms with van der Waals surface area (Å²) in [7, 11) is 0. The Morgan fingerprint density at radius 2 is 0.818 bits per heavy atom. The quantitative estimate of drug-likeness (QED) is 0.166. The van der Waals surface area contributed by atoms with E-state index in [1.54, 1.807) is 0 Å². The summed E-state index contributed by atoms with van der Waals surface area (Å²) in [4.78, 5) is 0. The van der Waals surface area contributed by atoms with Crippen LogP contribution in [-0.4, -0.2) is 0 Å². The molecule has 4 aliphatic rings. The Hall–Kier alpha value is -6.96. The fraction of sp³-hybridized carbons (Fsp3) is 0.0370. The Balaban J connectivity index is 1.09. The molecule has 0 N–H and O–H groups in total. The Morgan fingerprint density at radius 1 is 0.309 bits per heavy atom. The van der Waals surface area contributed by atoms with E-state index < -0.39 is 10.8 Å². The van der Waals surface area contributed by atoms with Crippen molar-refractivity contribution in [1.29, 1.82) is 0 Å². The second kappa shape index (κ2) is 10.4. The Kier molecular flexibility index (Phi) is 5.56. The lowest BCUT2D eigenvalue weighted by molar-refractivity contribution is 0.438. The van der Waals surface area contributed by atoms with Gasteiger partial charge in [0.25, 0.3) is 0 Å². The largest absolute Gasteiger partial charge is 0.456 e. The van der Waals surface area contributed by atoms with Gasteiger partial charge in [-0.15, -0.1) is 0 Å². The van der Waals surface area contributed by atoms with Crippen LogP contribution in [-0.2, 0) is 10.8 Å². The molecule has 0 amide bonds. The van der Waals surface area contributed by atoms with Crippen LogP contribution < -0.4 is 4.74 Å². The van der Waals surface area contributed by atoms with Gasteiger partial charge in [0.1, 0.15) is 11.5 Å². The number of ether oxygens (including phenoxy) is 1. The van der Waals surface area contributed by atoms with Gasteiger partial charge in [0.2, 0.25) is 0 Å². The molecule has 55 heavy (non-hydrogen) atoms. The minimum absolute atomic E-state index is 0.426. The topological polar surface area (TPSA) is 9.23 Å². The van der Waals surface area contributed by atoms with E-state index in [0.29, 0.717) is 0 Å². The molecule has 0 saturated heterocycles. The average molecular weight is 697 g/mol. The third kappa shape index (κ3) is 3.42. The van der Waals surface area contributed by atoms with E-state index in [2.05, 4.69) is 194 Å². The van der Waals surface area contributed by atoms with E-state index in [1.165, 1.54) is 88.7 Å². The monoisotopic (exact) mass is 696 g/mol. The van der Waals surface area contributed by atoms with Gasteiger partial charge in [0, 0.05) is 16.7 Å². The van der Waals surface area contributed by atoms with Gasteiger partial charge in [0.05, 0.1) is 10.8 Å². The number of hydrogen-bond acceptors (Lipinski definition) is 1. The van der Waals surface area contributed by atoms with Crippen LogP contribution in [0.1, 0.15) is 44.5 Å². The zero-order valence-corrected chi connectivity index (χ0v) is 29.9. The molecule has 1 atom stereocenters. The van der Waals surface area contributed by atoms with Crippen LogP contribution in [0, 0.1) is 0 Å². The van der Waals surface area contributed by atoms with Gasteiger partial charge in [-0.05, 0) is 95.2 Å². The molecule has 1 unspecified atom stereocenters. The number of benzene rings is 9. The van der Waals surface area contributed by atoms with Crippen molar-refractivity contribution in [2.24, 2.45) is 0 Å². The van der Waals surface area contributed by atoms with Crippen molar-refractivity contribution >= 4 is 10.8 Å². The maximum atomic E-state index is 7.10. The number of fused-ring (bicyclic) bond motifs is 21. The molecule has 9 aromatic rings. The number of rotatable bonds is 1. The Bertz CT molecular complexity index is 3100. The smallest absolute Gasteiger partial charge is 0.140 e. The zero-order chi connectivity index (χ0) is 35.9. The van der Waals surface area contributed by atoms with Gasteiger partial charge in [-0.25, -0.2) is 0 Å². The molecule has 3 aliphatic carbocycles. The van der Waals surface area contributed by atoms with Crippen molar-refractivity contribution in [3.63, 3.8) is 0 Å². The first-order chi connectivity index (χ1) is 27.3. The maximum absolute atomic E-state index is 7.10. The fourth-order valence-corrected chi connectivity index (χ4v) is 11.2. The first-order valence-electron chi connectivity index (χ1n) is 19.3. The summed E-state index contributed by atoms with van der Waals surface area (Å²) < 4.78 is 7.10.